The number of allylic oxidation sites excluding steroid dienone is 2. The Morgan fingerprint density at radius 3 is 3.05 bits per heavy atom. The summed E-state index contributed by atoms with van der Waals surface area (Å²) >= 11 is 0. The first-order chi connectivity index (χ1) is 9.33. The molecular formula is C15H21N3O. The lowest BCUT2D eigenvalue weighted by Gasteiger charge is -2.25. The summed E-state index contributed by atoms with van der Waals surface area (Å²) in [6.07, 6.45) is 13.4. The predicted octanol–water partition coefficient (Wildman–Crippen LogP) is 2.23. The molecule has 102 valence electrons. The van der Waals surface area contributed by atoms with Crippen molar-refractivity contribution in [3.8, 4) is 0 Å². The van der Waals surface area contributed by atoms with E-state index in [1.165, 1.54) is 0 Å². The van der Waals surface area contributed by atoms with Crippen molar-refractivity contribution < 1.29 is 4.79 Å². The van der Waals surface area contributed by atoms with Crippen molar-refractivity contribution in [1.82, 2.24) is 14.7 Å². The van der Waals surface area contributed by atoms with Gasteiger partial charge in [0.1, 0.15) is 0 Å². The second-order valence-electron chi connectivity index (χ2n) is 5.58. The fourth-order valence-electron chi connectivity index (χ4n) is 3.19. The van der Waals surface area contributed by atoms with Crippen LogP contribution in [0, 0.1) is 5.92 Å². The van der Waals surface area contributed by atoms with Gasteiger partial charge >= 0.3 is 0 Å². The lowest BCUT2D eigenvalue weighted by molar-refractivity contribution is -0.132. The van der Waals surface area contributed by atoms with E-state index < -0.39 is 0 Å². The fraction of sp³-hybridized carbons (Fsp3) is 0.600. The normalized spacial score (nSPS) is 26.2. The second-order valence-corrected chi connectivity index (χ2v) is 5.58. The summed E-state index contributed by atoms with van der Waals surface area (Å²) < 4.78 is 1.94. The molecule has 0 saturated carbocycles. The maximum absolute atomic E-state index is 12.4. The summed E-state index contributed by atoms with van der Waals surface area (Å²) in [5, 5.41) is 4.24. The zero-order valence-corrected chi connectivity index (χ0v) is 11.2. The number of hydrogen-bond donors (Lipinski definition) is 0. The predicted molar refractivity (Wildman–Crippen MR) is 73.4 cm³/mol. The van der Waals surface area contributed by atoms with Gasteiger partial charge in [-0.05, 0) is 37.7 Å². The van der Waals surface area contributed by atoms with Crippen LogP contribution in [0.1, 0.15) is 32.1 Å². The maximum atomic E-state index is 12.4. The zero-order chi connectivity index (χ0) is 13.1. The van der Waals surface area contributed by atoms with Gasteiger partial charge in [-0.25, -0.2) is 0 Å². The molecule has 0 radical (unpaired) electrons. The molecule has 2 unspecified atom stereocenters. The van der Waals surface area contributed by atoms with Gasteiger partial charge in [0.2, 0.25) is 5.91 Å². The molecule has 0 spiro atoms. The molecule has 1 aromatic rings. The molecule has 1 aliphatic carbocycles. The van der Waals surface area contributed by atoms with Crippen LogP contribution in [0.2, 0.25) is 0 Å². The van der Waals surface area contributed by atoms with E-state index in [4.69, 9.17) is 0 Å². The summed E-state index contributed by atoms with van der Waals surface area (Å²) in [6.45, 7) is 1.75. The van der Waals surface area contributed by atoms with E-state index in [0.29, 0.717) is 24.3 Å². The van der Waals surface area contributed by atoms with Crippen molar-refractivity contribution in [1.29, 1.82) is 0 Å². The molecule has 1 fully saturated rings. The van der Waals surface area contributed by atoms with Crippen molar-refractivity contribution in [2.75, 3.05) is 6.54 Å². The van der Waals surface area contributed by atoms with Crippen LogP contribution in [0.15, 0.2) is 30.6 Å². The number of likely N-dealkylation sites (tertiary alicyclic amines) is 1. The molecule has 4 nitrogen and oxygen atoms in total. The third kappa shape index (κ3) is 2.88. The summed E-state index contributed by atoms with van der Waals surface area (Å²) in [4.78, 5) is 14.5. The number of rotatable bonds is 4. The van der Waals surface area contributed by atoms with Gasteiger partial charge in [0.25, 0.3) is 0 Å². The Bertz CT molecular complexity index is 452. The average molecular weight is 259 g/mol. The van der Waals surface area contributed by atoms with E-state index in [0.717, 1.165) is 38.8 Å². The Kier molecular flexibility index (Phi) is 3.67. The highest BCUT2D eigenvalue weighted by Gasteiger charge is 2.30. The Balaban J connectivity index is 1.58. The van der Waals surface area contributed by atoms with E-state index in [1.54, 1.807) is 6.20 Å². The minimum atomic E-state index is 0.325. The van der Waals surface area contributed by atoms with Gasteiger partial charge in [-0.2, -0.15) is 5.10 Å². The molecule has 1 aromatic heterocycles. The molecular weight excluding hydrogens is 238 g/mol. The summed E-state index contributed by atoms with van der Waals surface area (Å²) in [5.74, 6) is 0.796. The van der Waals surface area contributed by atoms with Crippen LogP contribution < -0.4 is 0 Å². The van der Waals surface area contributed by atoms with Gasteiger partial charge in [-0.15, -0.1) is 0 Å². The zero-order valence-electron chi connectivity index (χ0n) is 11.2. The highest BCUT2D eigenvalue weighted by Crippen LogP contribution is 2.25. The van der Waals surface area contributed by atoms with Gasteiger partial charge in [0.05, 0.1) is 12.6 Å². The second kappa shape index (κ2) is 5.59. The van der Waals surface area contributed by atoms with E-state index in [2.05, 4.69) is 22.2 Å². The number of amides is 1. The number of hydrogen-bond acceptors (Lipinski definition) is 2. The molecule has 1 amide bonds. The van der Waals surface area contributed by atoms with Gasteiger partial charge in [-0.3, -0.25) is 9.48 Å². The van der Waals surface area contributed by atoms with E-state index in [-0.39, 0.29) is 0 Å². The van der Waals surface area contributed by atoms with Crippen molar-refractivity contribution in [3.05, 3.63) is 30.6 Å². The standard InChI is InChI=1S/C15H21N3O/c19-15(11-13-5-1-2-6-13)18-10-3-7-14(18)12-17-9-4-8-16-17/h1,4-5,8-9,13-14H,2-3,6-7,10-12H2. The number of nitrogens with zero attached hydrogens (tertiary/aromatic N) is 3. The average Bonchev–Trinajstić information content (AvgIpc) is 3.10. The lowest BCUT2D eigenvalue weighted by Crippen LogP contribution is -2.38. The first-order valence-corrected chi connectivity index (χ1v) is 7.26. The topological polar surface area (TPSA) is 38.1 Å². The minimum Gasteiger partial charge on any atom is -0.338 e. The van der Waals surface area contributed by atoms with Gasteiger partial charge < -0.3 is 4.90 Å². The van der Waals surface area contributed by atoms with Gasteiger partial charge in [0.15, 0.2) is 0 Å². The largest absolute Gasteiger partial charge is 0.338 e. The SMILES string of the molecule is O=C(CC1C=CCC1)N1CCCC1Cn1cccn1. The Labute approximate surface area is 114 Å². The molecule has 4 heteroatoms. The molecule has 2 aliphatic rings. The summed E-state index contributed by atoms with van der Waals surface area (Å²) in [6, 6.07) is 2.27. The van der Waals surface area contributed by atoms with Crippen LogP contribution in [0.3, 0.4) is 0 Å². The number of carbonyl (C=O) groups excluding carboxylic acids is 1. The van der Waals surface area contributed by atoms with E-state index in [1.807, 2.05) is 16.9 Å². The molecule has 3 rings (SSSR count). The van der Waals surface area contributed by atoms with Crippen LogP contribution in [0.4, 0.5) is 0 Å². The summed E-state index contributed by atoms with van der Waals surface area (Å²) in [7, 11) is 0. The van der Waals surface area contributed by atoms with Crippen molar-refractivity contribution in [3.63, 3.8) is 0 Å². The summed E-state index contributed by atoms with van der Waals surface area (Å²) in [5.41, 5.74) is 0. The van der Waals surface area contributed by atoms with Crippen LogP contribution in [0.25, 0.3) is 0 Å². The third-order valence-electron chi connectivity index (χ3n) is 4.20. The van der Waals surface area contributed by atoms with Crippen molar-refractivity contribution in [2.45, 2.75) is 44.7 Å². The molecule has 0 aromatic carbocycles. The fourth-order valence-corrected chi connectivity index (χ4v) is 3.19. The Hall–Kier alpha value is -1.58. The molecule has 0 bridgehead atoms. The van der Waals surface area contributed by atoms with Gasteiger partial charge in [0, 0.05) is 25.4 Å². The number of carbonyl (C=O) groups is 1. The third-order valence-corrected chi connectivity index (χ3v) is 4.20. The van der Waals surface area contributed by atoms with E-state index >= 15 is 0 Å². The quantitative estimate of drug-likeness (QED) is 0.778. The Morgan fingerprint density at radius 2 is 2.32 bits per heavy atom. The van der Waals surface area contributed by atoms with Crippen molar-refractivity contribution in [2.24, 2.45) is 5.92 Å². The van der Waals surface area contributed by atoms with E-state index in [9.17, 15) is 4.79 Å². The van der Waals surface area contributed by atoms with Crippen LogP contribution in [0.5, 0.6) is 0 Å². The Morgan fingerprint density at radius 1 is 1.37 bits per heavy atom. The van der Waals surface area contributed by atoms with Crippen LogP contribution >= 0.6 is 0 Å². The van der Waals surface area contributed by atoms with Gasteiger partial charge in [-0.1, -0.05) is 12.2 Å². The molecule has 0 N–H and O–H groups in total. The number of aromatic nitrogens is 2. The highest BCUT2D eigenvalue weighted by atomic mass is 16.2. The first-order valence-electron chi connectivity index (χ1n) is 7.26. The monoisotopic (exact) mass is 259 g/mol. The first kappa shape index (κ1) is 12.5. The molecule has 1 aliphatic heterocycles. The highest BCUT2D eigenvalue weighted by molar-refractivity contribution is 5.77. The van der Waals surface area contributed by atoms with Crippen molar-refractivity contribution >= 4 is 5.91 Å². The minimum absolute atomic E-state index is 0.325. The smallest absolute Gasteiger partial charge is 0.223 e. The van der Waals surface area contributed by atoms with Crippen LogP contribution in [-0.2, 0) is 11.3 Å². The molecule has 19 heavy (non-hydrogen) atoms. The molecule has 1 saturated heterocycles. The maximum Gasteiger partial charge on any atom is 0.223 e. The van der Waals surface area contributed by atoms with Crippen LogP contribution in [-0.4, -0.2) is 33.2 Å². The molecule has 2 heterocycles. The lowest BCUT2D eigenvalue weighted by atomic mass is 10.0. The molecule has 2 atom stereocenters.